The van der Waals surface area contributed by atoms with Crippen LogP contribution >= 0.6 is 11.6 Å². The Kier molecular flexibility index (Phi) is 6.36. The van der Waals surface area contributed by atoms with Gasteiger partial charge in [0.1, 0.15) is 0 Å². The van der Waals surface area contributed by atoms with Crippen molar-refractivity contribution in [1.82, 2.24) is 20.1 Å². The van der Waals surface area contributed by atoms with Crippen molar-refractivity contribution in [3.63, 3.8) is 0 Å². The highest BCUT2D eigenvalue weighted by Crippen LogP contribution is 2.29. The highest BCUT2D eigenvalue weighted by molar-refractivity contribution is 6.31. The molecule has 2 N–H and O–H groups in total. The Labute approximate surface area is 185 Å². The van der Waals surface area contributed by atoms with E-state index in [1.165, 1.54) is 5.56 Å². The first-order valence-electron chi connectivity index (χ1n) is 10.7. The predicted molar refractivity (Wildman–Crippen MR) is 117 cm³/mol. The number of nitrogens with one attached hydrogen (secondary N) is 2. The van der Waals surface area contributed by atoms with Crippen LogP contribution in [-0.4, -0.2) is 65.5 Å². The molecule has 3 heterocycles. The molecule has 2 aromatic rings. The first-order chi connectivity index (χ1) is 15.0. The van der Waals surface area contributed by atoms with Crippen LogP contribution in [-0.2, 0) is 27.3 Å². The summed E-state index contributed by atoms with van der Waals surface area (Å²) in [6, 6.07) is 5.49. The molecule has 1 fully saturated rings. The number of benzene rings is 1. The Balaban J connectivity index is 1.27. The van der Waals surface area contributed by atoms with E-state index in [2.05, 4.69) is 10.3 Å². The number of carbonyl (C=O) groups is 3. The number of H-pyrrole nitrogens is 1. The van der Waals surface area contributed by atoms with Gasteiger partial charge in [-0.3, -0.25) is 9.59 Å². The lowest BCUT2D eigenvalue weighted by molar-refractivity contribution is -0.151. The number of rotatable bonds is 4. The summed E-state index contributed by atoms with van der Waals surface area (Å²) in [5.41, 5.74) is 3.21. The Morgan fingerprint density at radius 3 is 2.71 bits per heavy atom. The summed E-state index contributed by atoms with van der Waals surface area (Å²) in [6.45, 7) is 4.16. The number of piperidine rings is 1. The minimum absolute atomic E-state index is 0.0471. The highest BCUT2D eigenvalue weighted by atomic mass is 35.5. The number of likely N-dealkylation sites (tertiary alicyclic amines) is 1. The first-order valence-corrected chi connectivity index (χ1v) is 11.1. The SMILES string of the molecule is CCOC(=O)C1CCN(C(=O)CNC(=O)N2CCc3c([nH]c4ccc(Cl)cc34)C2)CC1. The molecule has 0 unspecified atom stereocenters. The second-order valence-corrected chi connectivity index (χ2v) is 8.45. The molecule has 2 aliphatic rings. The number of ether oxygens (including phenoxy) is 1. The zero-order chi connectivity index (χ0) is 22.0. The Bertz CT molecular complexity index is 997. The minimum Gasteiger partial charge on any atom is -0.466 e. The number of aromatic nitrogens is 1. The molecule has 1 aromatic heterocycles. The molecule has 1 aromatic carbocycles. The number of esters is 1. The maximum absolute atomic E-state index is 12.6. The molecule has 2 aliphatic heterocycles. The van der Waals surface area contributed by atoms with E-state index in [4.69, 9.17) is 16.3 Å². The predicted octanol–water partition coefficient (Wildman–Crippen LogP) is 2.69. The number of halogens is 1. The minimum atomic E-state index is -0.253. The number of carbonyl (C=O) groups excluding carboxylic acids is 3. The number of urea groups is 1. The van der Waals surface area contributed by atoms with Gasteiger partial charge >= 0.3 is 12.0 Å². The highest BCUT2D eigenvalue weighted by Gasteiger charge is 2.29. The van der Waals surface area contributed by atoms with Crippen LogP contribution in [0.15, 0.2) is 18.2 Å². The van der Waals surface area contributed by atoms with Gasteiger partial charge in [0.15, 0.2) is 0 Å². The zero-order valence-corrected chi connectivity index (χ0v) is 18.3. The van der Waals surface area contributed by atoms with Crippen molar-refractivity contribution in [3.05, 3.63) is 34.5 Å². The van der Waals surface area contributed by atoms with Crippen LogP contribution in [0.4, 0.5) is 4.79 Å². The second kappa shape index (κ2) is 9.18. The molecule has 9 heteroatoms. The van der Waals surface area contributed by atoms with E-state index in [1.807, 2.05) is 18.2 Å². The van der Waals surface area contributed by atoms with Gasteiger partial charge in [0.2, 0.25) is 5.91 Å². The molecule has 0 spiro atoms. The van der Waals surface area contributed by atoms with Crippen LogP contribution in [0.2, 0.25) is 5.02 Å². The smallest absolute Gasteiger partial charge is 0.318 e. The number of nitrogens with zero attached hydrogens (tertiary/aromatic N) is 2. The van der Waals surface area contributed by atoms with Crippen molar-refractivity contribution < 1.29 is 19.1 Å². The van der Waals surface area contributed by atoms with Gasteiger partial charge in [-0.05, 0) is 49.9 Å². The summed E-state index contributed by atoms with van der Waals surface area (Å²) in [5, 5.41) is 4.54. The fourth-order valence-corrected chi connectivity index (χ4v) is 4.56. The number of amides is 3. The van der Waals surface area contributed by atoms with Crippen molar-refractivity contribution in [2.24, 2.45) is 5.92 Å². The summed E-state index contributed by atoms with van der Waals surface area (Å²) in [7, 11) is 0. The van der Waals surface area contributed by atoms with Gasteiger partial charge in [-0.1, -0.05) is 11.6 Å². The van der Waals surface area contributed by atoms with Crippen molar-refractivity contribution >= 4 is 40.4 Å². The van der Waals surface area contributed by atoms with Gasteiger partial charge in [-0.25, -0.2) is 4.79 Å². The number of fused-ring (bicyclic) bond motifs is 3. The summed E-state index contributed by atoms with van der Waals surface area (Å²) in [6.07, 6.45) is 1.92. The average Bonchev–Trinajstić information content (AvgIpc) is 3.14. The fourth-order valence-electron chi connectivity index (χ4n) is 4.39. The van der Waals surface area contributed by atoms with Crippen molar-refractivity contribution in [2.45, 2.75) is 32.7 Å². The topological polar surface area (TPSA) is 94.7 Å². The lowest BCUT2D eigenvalue weighted by atomic mass is 9.97. The maximum Gasteiger partial charge on any atom is 0.318 e. The molecule has 4 rings (SSSR count). The van der Waals surface area contributed by atoms with Gasteiger partial charge in [0, 0.05) is 41.3 Å². The third-order valence-corrected chi connectivity index (χ3v) is 6.32. The molecule has 166 valence electrons. The summed E-state index contributed by atoms with van der Waals surface area (Å²) >= 11 is 6.12. The summed E-state index contributed by atoms with van der Waals surface area (Å²) < 4.78 is 5.06. The number of hydrogen-bond acceptors (Lipinski definition) is 4. The van der Waals surface area contributed by atoms with Crippen LogP contribution in [0.5, 0.6) is 0 Å². The molecule has 1 saturated heterocycles. The normalized spacial score (nSPS) is 16.8. The lowest BCUT2D eigenvalue weighted by Crippen LogP contribution is -2.48. The Morgan fingerprint density at radius 2 is 1.97 bits per heavy atom. The first kappa shape index (κ1) is 21.5. The van der Waals surface area contributed by atoms with Crippen LogP contribution in [0.1, 0.15) is 31.0 Å². The van der Waals surface area contributed by atoms with Gasteiger partial charge in [0.25, 0.3) is 0 Å². The van der Waals surface area contributed by atoms with Gasteiger partial charge in [0.05, 0.1) is 25.6 Å². The monoisotopic (exact) mass is 446 g/mol. The standard InChI is InChI=1S/C22H27ClN4O4/c1-2-31-21(29)14-5-8-26(9-6-14)20(28)12-24-22(30)27-10-7-16-17-11-15(23)3-4-18(17)25-19(16)13-27/h3-4,11,14,25H,2,5-10,12-13H2,1H3,(H,24,30). The molecule has 8 nitrogen and oxygen atoms in total. The molecule has 0 radical (unpaired) electrons. The quantitative estimate of drug-likeness (QED) is 0.706. The van der Waals surface area contributed by atoms with Crippen LogP contribution in [0.25, 0.3) is 10.9 Å². The van der Waals surface area contributed by atoms with E-state index in [0.29, 0.717) is 50.7 Å². The number of hydrogen-bond donors (Lipinski definition) is 2. The molecular formula is C22H27ClN4O4. The maximum atomic E-state index is 12.6. The average molecular weight is 447 g/mol. The van der Waals surface area contributed by atoms with Gasteiger partial charge in [-0.15, -0.1) is 0 Å². The fraction of sp³-hybridized carbons (Fsp3) is 0.500. The molecular weight excluding hydrogens is 420 g/mol. The van der Waals surface area contributed by atoms with E-state index in [-0.39, 0.29) is 30.4 Å². The zero-order valence-electron chi connectivity index (χ0n) is 17.6. The van der Waals surface area contributed by atoms with Crippen molar-refractivity contribution in [3.8, 4) is 0 Å². The second-order valence-electron chi connectivity index (χ2n) is 8.01. The van der Waals surface area contributed by atoms with Gasteiger partial charge < -0.3 is 24.8 Å². The van der Waals surface area contributed by atoms with E-state index in [9.17, 15) is 14.4 Å². The molecule has 0 bridgehead atoms. The molecule has 0 saturated carbocycles. The third kappa shape index (κ3) is 4.63. The Morgan fingerprint density at radius 1 is 1.19 bits per heavy atom. The Hall–Kier alpha value is -2.74. The van der Waals surface area contributed by atoms with E-state index < -0.39 is 0 Å². The molecule has 0 atom stereocenters. The van der Waals surface area contributed by atoms with E-state index in [1.54, 1.807) is 16.7 Å². The largest absolute Gasteiger partial charge is 0.466 e. The van der Waals surface area contributed by atoms with Crippen LogP contribution in [0.3, 0.4) is 0 Å². The van der Waals surface area contributed by atoms with Crippen LogP contribution in [0, 0.1) is 5.92 Å². The van der Waals surface area contributed by atoms with E-state index >= 15 is 0 Å². The summed E-state index contributed by atoms with van der Waals surface area (Å²) in [5.74, 6) is -0.465. The van der Waals surface area contributed by atoms with Crippen molar-refractivity contribution in [2.75, 3.05) is 32.8 Å². The van der Waals surface area contributed by atoms with Gasteiger partial charge in [-0.2, -0.15) is 0 Å². The molecule has 31 heavy (non-hydrogen) atoms. The summed E-state index contributed by atoms with van der Waals surface area (Å²) in [4.78, 5) is 43.7. The van der Waals surface area contributed by atoms with E-state index in [0.717, 1.165) is 23.0 Å². The lowest BCUT2D eigenvalue weighted by Gasteiger charge is -2.31. The molecule has 0 aliphatic carbocycles. The van der Waals surface area contributed by atoms with Crippen LogP contribution < -0.4 is 5.32 Å². The number of aromatic amines is 1. The van der Waals surface area contributed by atoms with Crippen molar-refractivity contribution in [1.29, 1.82) is 0 Å². The molecule has 3 amide bonds. The third-order valence-electron chi connectivity index (χ3n) is 6.08.